The van der Waals surface area contributed by atoms with Gasteiger partial charge in [-0.3, -0.25) is 0 Å². The molecule has 0 unspecified atom stereocenters. The largest absolute Gasteiger partial charge is 0.504 e. The van der Waals surface area contributed by atoms with Gasteiger partial charge in [-0.15, -0.1) is 0 Å². The molecule has 1 aromatic rings. The van der Waals surface area contributed by atoms with E-state index >= 15 is 0 Å². The molecule has 1 rings (SSSR count). The Labute approximate surface area is 71.5 Å². The average Bonchev–Trinajstić information content (AvgIpc) is 2.08. The summed E-state index contributed by atoms with van der Waals surface area (Å²) in [5, 5.41) is 9.53. The third-order valence-electron chi connectivity index (χ3n) is 1.72. The predicted octanol–water partition coefficient (Wildman–Crippen LogP) is 0.889. The van der Waals surface area contributed by atoms with Gasteiger partial charge in [0.2, 0.25) is 5.95 Å². The maximum absolute atomic E-state index is 9.53. The molecule has 12 heavy (non-hydrogen) atoms. The van der Waals surface area contributed by atoms with Crippen molar-refractivity contribution in [1.29, 1.82) is 0 Å². The van der Waals surface area contributed by atoms with Gasteiger partial charge >= 0.3 is 0 Å². The summed E-state index contributed by atoms with van der Waals surface area (Å²) in [6, 6.07) is 0. The highest BCUT2D eigenvalue weighted by molar-refractivity contribution is 5.36. The van der Waals surface area contributed by atoms with Crippen LogP contribution in [0, 0.1) is 0 Å². The molecule has 0 bridgehead atoms. The Morgan fingerprint density at radius 1 is 1.17 bits per heavy atom. The zero-order valence-electron chi connectivity index (χ0n) is 7.33. The lowest BCUT2D eigenvalue weighted by Crippen LogP contribution is -2.02. The number of hydrogen-bond acceptors (Lipinski definition) is 4. The van der Waals surface area contributed by atoms with Gasteiger partial charge in [0.1, 0.15) is 0 Å². The molecule has 4 heteroatoms. The fourth-order valence-electron chi connectivity index (χ4n) is 1.07. The second kappa shape index (κ2) is 3.38. The summed E-state index contributed by atoms with van der Waals surface area (Å²) in [6.45, 7) is 3.84. The van der Waals surface area contributed by atoms with E-state index in [4.69, 9.17) is 5.73 Å². The normalized spacial score (nSPS) is 10.2. The van der Waals surface area contributed by atoms with Crippen LogP contribution >= 0.6 is 0 Å². The fraction of sp³-hybridized carbons (Fsp3) is 0.500. The highest BCUT2D eigenvalue weighted by Gasteiger charge is 2.08. The van der Waals surface area contributed by atoms with Crippen molar-refractivity contribution < 1.29 is 5.11 Å². The van der Waals surface area contributed by atoms with Crippen LogP contribution in [0.4, 0.5) is 5.95 Å². The highest BCUT2D eigenvalue weighted by Crippen LogP contribution is 2.20. The number of nitrogen functional groups attached to an aromatic ring is 1. The zero-order chi connectivity index (χ0) is 9.14. The van der Waals surface area contributed by atoms with Gasteiger partial charge < -0.3 is 10.8 Å². The SMILES string of the molecule is CCc1nc(N)nc(CC)c1O. The Bertz CT molecular complexity index is 261. The zero-order valence-corrected chi connectivity index (χ0v) is 7.33. The van der Waals surface area contributed by atoms with Crippen LogP contribution < -0.4 is 5.73 Å². The lowest BCUT2D eigenvalue weighted by atomic mass is 10.2. The van der Waals surface area contributed by atoms with E-state index in [1.807, 2.05) is 13.8 Å². The van der Waals surface area contributed by atoms with E-state index in [1.165, 1.54) is 0 Å². The van der Waals surface area contributed by atoms with Gasteiger partial charge in [0.05, 0.1) is 11.4 Å². The van der Waals surface area contributed by atoms with Crippen molar-refractivity contribution in [2.75, 3.05) is 5.73 Å². The van der Waals surface area contributed by atoms with Gasteiger partial charge in [-0.2, -0.15) is 0 Å². The summed E-state index contributed by atoms with van der Waals surface area (Å²) >= 11 is 0. The number of aromatic hydroxyl groups is 1. The molecule has 66 valence electrons. The molecular formula is C8H13N3O. The lowest BCUT2D eigenvalue weighted by Gasteiger charge is -2.05. The van der Waals surface area contributed by atoms with Crippen molar-refractivity contribution in [2.24, 2.45) is 0 Å². The van der Waals surface area contributed by atoms with Crippen LogP contribution in [0.15, 0.2) is 0 Å². The highest BCUT2D eigenvalue weighted by atomic mass is 16.3. The van der Waals surface area contributed by atoms with Crippen molar-refractivity contribution in [3.05, 3.63) is 11.4 Å². The van der Waals surface area contributed by atoms with Crippen molar-refractivity contribution >= 4 is 5.95 Å². The molecule has 1 heterocycles. The van der Waals surface area contributed by atoms with E-state index in [0.717, 1.165) is 0 Å². The van der Waals surface area contributed by atoms with Crippen molar-refractivity contribution in [2.45, 2.75) is 26.7 Å². The molecule has 0 aliphatic heterocycles. The van der Waals surface area contributed by atoms with Crippen LogP contribution in [0.1, 0.15) is 25.2 Å². The first-order chi connectivity index (χ1) is 5.69. The topological polar surface area (TPSA) is 72.0 Å². The minimum atomic E-state index is 0.189. The van der Waals surface area contributed by atoms with E-state index in [9.17, 15) is 5.11 Å². The molecule has 0 spiro atoms. The summed E-state index contributed by atoms with van der Waals surface area (Å²) in [5.41, 5.74) is 6.69. The smallest absolute Gasteiger partial charge is 0.220 e. The summed E-state index contributed by atoms with van der Waals surface area (Å²) < 4.78 is 0. The minimum absolute atomic E-state index is 0.189. The van der Waals surface area contributed by atoms with E-state index in [1.54, 1.807) is 0 Å². The molecule has 0 atom stereocenters. The minimum Gasteiger partial charge on any atom is -0.504 e. The molecule has 3 N–H and O–H groups in total. The number of rotatable bonds is 2. The maximum Gasteiger partial charge on any atom is 0.220 e. The second-order valence-corrected chi connectivity index (χ2v) is 2.53. The molecule has 0 radical (unpaired) electrons. The van der Waals surface area contributed by atoms with Gasteiger partial charge in [0.25, 0.3) is 0 Å². The maximum atomic E-state index is 9.53. The van der Waals surface area contributed by atoms with Gasteiger partial charge in [0.15, 0.2) is 5.75 Å². The predicted molar refractivity (Wildman–Crippen MR) is 46.9 cm³/mol. The van der Waals surface area contributed by atoms with Crippen LogP contribution in [0.25, 0.3) is 0 Å². The molecule has 0 amide bonds. The third kappa shape index (κ3) is 1.47. The second-order valence-electron chi connectivity index (χ2n) is 2.53. The number of aromatic nitrogens is 2. The molecule has 1 aromatic heterocycles. The number of anilines is 1. The number of aryl methyl sites for hydroxylation is 2. The summed E-state index contributed by atoms with van der Waals surface area (Å²) in [7, 11) is 0. The van der Waals surface area contributed by atoms with Gasteiger partial charge in [0, 0.05) is 0 Å². The molecule has 0 fully saturated rings. The summed E-state index contributed by atoms with van der Waals surface area (Å²) in [5.74, 6) is 0.427. The quantitative estimate of drug-likeness (QED) is 0.686. The van der Waals surface area contributed by atoms with E-state index in [0.29, 0.717) is 24.2 Å². The Hall–Kier alpha value is -1.32. The van der Waals surface area contributed by atoms with Crippen molar-refractivity contribution in [3.63, 3.8) is 0 Å². The first-order valence-corrected chi connectivity index (χ1v) is 4.03. The molecular weight excluding hydrogens is 154 g/mol. The third-order valence-corrected chi connectivity index (χ3v) is 1.72. The molecule has 0 saturated heterocycles. The fourth-order valence-corrected chi connectivity index (χ4v) is 1.07. The van der Waals surface area contributed by atoms with E-state index in [-0.39, 0.29) is 11.7 Å². The summed E-state index contributed by atoms with van der Waals surface area (Å²) in [6.07, 6.45) is 1.34. The molecule has 0 saturated carbocycles. The van der Waals surface area contributed by atoms with Crippen molar-refractivity contribution in [3.8, 4) is 5.75 Å². The Morgan fingerprint density at radius 3 is 1.92 bits per heavy atom. The van der Waals surface area contributed by atoms with Gasteiger partial charge in [-0.05, 0) is 12.8 Å². The number of hydrogen-bond donors (Lipinski definition) is 2. The lowest BCUT2D eigenvalue weighted by molar-refractivity contribution is 0.454. The first kappa shape index (κ1) is 8.77. The molecule has 0 aliphatic rings. The van der Waals surface area contributed by atoms with Gasteiger partial charge in [-0.25, -0.2) is 9.97 Å². The number of nitrogens with two attached hydrogens (primary N) is 1. The van der Waals surface area contributed by atoms with Crippen LogP contribution in [-0.2, 0) is 12.8 Å². The Morgan fingerprint density at radius 2 is 1.58 bits per heavy atom. The Kier molecular flexibility index (Phi) is 2.47. The van der Waals surface area contributed by atoms with Gasteiger partial charge in [-0.1, -0.05) is 13.8 Å². The number of nitrogens with zero attached hydrogens (tertiary/aromatic N) is 2. The molecule has 4 nitrogen and oxygen atoms in total. The monoisotopic (exact) mass is 167 g/mol. The standard InChI is InChI=1S/C8H13N3O/c1-3-5-7(12)6(4-2)11-8(9)10-5/h12H,3-4H2,1-2H3,(H2,9,10,11). The van der Waals surface area contributed by atoms with E-state index in [2.05, 4.69) is 9.97 Å². The first-order valence-electron chi connectivity index (χ1n) is 4.03. The van der Waals surface area contributed by atoms with Crippen LogP contribution in [0.2, 0.25) is 0 Å². The van der Waals surface area contributed by atoms with E-state index < -0.39 is 0 Å². The van der Waals surface area contributed by atoms with Crippen LogP contribution in [-0.4, -0.2) is 15.1 Å². The Balaban J connectivity index is 3.22. The van der Waals surface area contributed by atoms with Crippen molar-refractivity contribution in [1.82, 2.24) is 9.97 Å². The van der Waals surface area contributed by atoms with Crippen LogP contribution in [0.5, 0.6) is 5.75 Å². The van der Waals surface area contributed by atoms with Crippen LogP contribution in [0.3, 0.4) is 0 Å². The molecule has 0 aromatic carbocycles. The molecule has 0 aliphatic carbocycles. The average molecular weight is 167 g/mol. The summed E-state index contributed by atoms with van der Waals surface area (Å²) in [4.78, 5) is 7.83.